The molecule has 0 aliphatic carbocycles. The Labute approximate surface area is 120 Å². The SMILES string of the molecule is COc1ccc(NC(=O)OCc2cnc(=S)[nH]c2)cc1. The number of nitrogens with zero attached hydrogens (tertiary/aromatic N) is 1. The number of benzene rings is 1. The standard InChI is InChI=1S/C13H13N3O3S/c1-18-11-4-2-10(3-5-11)16-13(17)19-8-9-6-14-12(20)15-7-9/h2-7H,8H2,1H3,(H,16,17)(H,14,15,20). The van der Waals surface area contributed by atoms with E-state index in [0.717, 1.165) is 11.3 Å². The number of nitrogens with one attached hydrogen (secondary N) is 2. The molecule has 6 nitrogen and oxygen atoms in total. The predicted molar refractivity (Wildman–Crippen MR) is 76.2 cm³/mol. The van der Waals surface area contributed by atoms with E-state index in [1.165, 1.54) is 0 Å². The lowest BCUT2D eigenvalue weighted by atomic mass is 10.3. The summed E-state index contributed by atoms with van der Waals surface area (Å²) in [6.07, 6.45) is 2.66. The van der Waals surface area contributed by atoms with Crippen LogP contribution in [0, 0.1) is 4.77 Å². The summed E-state index contributed by atoms with van der Waals surface area (Å²) in [7, 11) is 1.58. The van der Waals surface area contributed by atoms with Crippen LogP contribution in [0.25, 0.3) is 0 Å². The summed E-state index contributed by atoms with van der Waals surface area (Å²) in [6.45, 7) is 0.112. The van der Waals surface area contributed by atoms with Gasteiger partial charge in [0.1, 0.15) is 12.4 Å². The first-order valence-corrected chi connectivity index (χ1v) is 6.19. The van der Waals surface area contributed by atoms with Crippen LogP contribution < -0.4 is 10.1 Å². The van der Waals surface area contributed by atoms with Gasteiger partial charge in [-0.25, -0.2) is 9.78 Å². The van der Waals surface area contributed by atoms with Gasteiger partial charge in [-0.1, -0.05) is 0 Å². The molecule has 0 saturated heterocycles. The van der Waals surface area contributed by atoms with Gasteiger partial charge in [0.15, 0.2) is 4.77 Å². The number of carbonyl (C=O) groups excluding carboxylic acids is 1. The van der Waals surface area contributed by atoms with E-state index in [0.29, 0.717) is 10.5 Å². The van der Waals surface area contributed by atoms with Gasteiger partial charge in [0, 0.05) is 23.6 Å². The molecule has 0 atom stereocenters. The van der Waals surface area contributed by atoms with Crippen LogP contribution >= 0.6 is 12.2 Å². The fourth-order valence-electron chi connectivity index (χ4n) is 1.43. The zero-order valence-electron chi connectivity index (χ0n) is 10.8. The van der Waals surface area contributed by atoms with Crippen LogP contribution in [0.15, 0.2) is 36.7 Å². The number of aromatic amines is 1. The molecule has 2 aromatic rings. The number of carbonyl (C=O) groups is 1. The third-order valence-corrected chi connectivity index (χ3v) is 2.66. The minimum Gasteiger partial charge on any atom is -0.497 e. The molecular formula is C13H13N3O3S. The highest BCUT2D eigenvalue weighted by Gasteiger charge is 2.04. The Morgan fingerprint density at radius 1 is 1.40 bits per heavy atom. The molecule has 20 heavy (non-hydrogen) atoms. The molecule has 0 saturated carbocycles. The lowest BCUT2D eigenvalue weighted by molar-refractivity contribution is 0.155. The maximum absolute atomic E-state index is 11.6. The summed E-state index contributed by atoms with van der Waals surface area (Å²) in [6, 6.07) is 6.94. The summed E-state index contributed by atoms with van der Waals surface area (Å²) in [5, 5.41) is 2.61. The normalized spacial score (nSPS) is 9.85. The number of aromatic nitrogens is 2. The van der Waals surface area contributed by atoms with E-state index in [-0.39, 0.29) is 6.61 Å². The summed E-state index contributed by atoms with van der Waals surface area (Å²) >= 11 is 4.82. The lowest BCUT2D eigenvalue weighted by Crippen LogP contribution is -2.13. The molecule has 0 aliphatic heterocycles. The Morgan fingerprint density at radius 2 is 2.15 bits per heavy atom. The maximum Gasteiger partial charge on any atom is 0.411 e. The summed E-state index contributed by atoms with van der Waals surface area (Å²) in [5.74, 6) is 0.717. The molecule has 7 heteroatoms. The zero-order chi connectivity index (χ0) is 14.4. The van der Waals surface area contributed by atoms with Crippen LogP contribution in [0.2, 0.25) is 0 Å². The van der Waals surface area contributed by atoms with E-state index < -0.39 is 6.09 Å². The highest BCUT2D eigenvalue weighted by Crippen LogP contribution is 2.15. The van der Waals surface area contributed by atoms with Crippen molar-refractivity contribution in [3.63, 3.8) is 0 Å². The van der Waals surface area contributed by atoms with Gasteiger partial charge in [0.05, 0.1) is 7.11 Å². The average molecular weight is 291 g/mol. The summed E-state index contributed by atoms with van der Waals surface area (Å²) < 4.78 is 10.5. The quantitative estimate of drug-likeness (QED) is 0.847. The van der Waals surface area contributed by atoms with Gasteiger partial charge in [0.2, 0.25) is 0 Å². The molecule has 0 radical (unpaired) electrons. The Hall–Kier alpha value is -2.41. The maximum atomic E-state index is 11.6. The number of anilines is 1. The fourth-order valence-corrected chi connectivity index (χ4v) is 1.54. The van der Waals surface area contributed by atoms with Crippen LogP contribution in [-0.2, 0) is 11.3 Å². The molecule has 0 fully saturated rings. The van der Waals surface area contributed by atoms with Crippen molar-refractivity contribution in [1.29, 1.82) is 0 Å². The Bertz CT molecular complexity index is 620. The second kappa shape index (κ2) is 6.67. The topological polar surface area (TPSA) is 76.2 Å². The zero-order valence-corrected chi connectivity index (χ0v) is 11.6. The highest BCUT2D eigenvalue weighted by molar-refractivity contribution is 7.71. The fraction of sp³-hybridized carbons (Fsp3) is 0.154. The second-order valence-corrected chi connectivity index (χ2v) is 4.24. The third-order valence-electron chi connectivity index (χ3n) is 2.44. The minimum atomic E-state index is -0.544. The van der Waals surface area contributed by atoms with Crippen molar-refractivity contribution in [2.75, 3.05) is 12.4 Å². The van der Waals surface area contributed by atoms with E-state index in [1.807, 2.05) is 0 Å². The van der Waals surface area contributed by atoms with Crippen molar-refractivity contribution in [1.82, 2.24) is 9.97 Å². The number of hydrogen-bond acceptors (Lipinski definition) is 5. The number of methoxy groups -OCH3 is 1. The molecule has 1 aromatic heterocycles. The van der Waals surface area contributed by atoms with Gasteiger partial charge >= 0.3 is 6.09 Å². The molecule has 0 spiro atoms. The molecular weight excluding hydrogens is 278 g/mol. The Balaban J connectivity index is 1.85. The molecule has 0 unspecified atom stereocenters. The van der Waals surface area contributed by atoms with Crippen molar-refractivity contribution in [2.45, 2.75) is 6.61 Å². The number of amides is 1. The molecule has 0 aliphatic rings. The van der Waals surface area contributed by atoms with E-state index in [1.54, 1.807) is 43.8 Å². The first-order valence-electron chi connectivity index (χ1n) is 5.79. The molecule has 1 amide bonds. The molecule has 2 rings (SSSR count). The molecule has 104 valence electrons. The first-order chi connectivity index (χ1) is 9.67. The molecule has 0 bridgehead atoms. The predicted octanol–water partition coefficient (Wildman–Crippen LogP) is 2.90. The van der Waals surface area contributed by atoms with Gasteiger partial charge in [0.25, 0.3) is 0 Å². The lowest BCUT2D eigenvalue weighted by Gasteiger charge is -2.07. The number of hydrogen-bond donors (Lipinski definition) is 2. The monoisotopic (exact) mass is 291 g/mol. The van der Waals surface area contributed by atoms with Crippen LogP contribution in [0.5, 0.6) is 5.75 Å². The molecule has 2 N–H and O–H groups in total. The van der Waals surface area contributed by atoms with E-state index >= 15 is 0 Å². The Morgan fingerprint density at radius 3 is 2.75 bits per heavy atom. The van der Waals surface area contributed by atoms with Gasteiger partial charge in [-0.15, -0.1) is 0 Å². The summed E-state index contributed by atoms with van der Waals surface area (Å²) in [5.41, 5.74) is 1.35. The number of H-pyrrole nitrogens is 1. The van der Waals surface area contributed by atoms with Crippen LogP contribution in [-0.4, -0.2) is 23.2 Å². The van der Waals surface area contributed by atoms with Crippen LogP contribution in [0.3, 0.4) is 0 Å². The van der Waals surface area contributed by atoms with E-state index in [9.17, 15) is 4.79 Å². The van der Waals surface area contributed by atoms with Gasteiger partial charge in [-0.3, -0.25) is 5.32 Å². The van der Waals surface area contributed by atoms with Gasteiger partial charge < -0.3 is 14.5 Å². The second-order valence-electron chi connectivity index (χ2n) is 3.86. The smallest absolute Gasteiger partial charge is 0.411 e. The van der Waals surface area contributed by atoms with Crippen LogP contribution in [0.1, 0.15) is 5.56 Å². The van der Waals surface area contributed by atoms with Gasteiger partial charge in [-0.05, 0) is 36.5 Å². The van der Waals surface area contributed by atoms with Crippen molar-refractivity contribution >= 4 is 24.0 Å². The van der Waals surface area contributed by atoms with Crippen molar-refractivity contribution in [3.05, 3.63) is 47.0 Å². The number of rotatable bonds is 4. The van der Waals surface area contributed by atoms with Crippen LogP contribution in [0.4, 0.5) is 10.5 Å². The third kappa shape index (κ3) is 4.06. The highest BCUT2D eigenvalue weighted by atomic mass is 32.1. The molecule has 1 aromatic carbocycles. The van der Waals surface area contributed by atoms with E-state index in [2.05, 4.69) is 15.3 Å². The van der Waals surface area contributed by atoms with Crippen molar-refractivity contribution < 1.29 is 14.3 Å². The largest absolute Gasteiger partial charge is 0.497 e. The van der Waals surface area contributed by atoms with Crippen molar-refractivity contribution in [3.8, 4) is 5.75 Å². The van der Waals surface area contributed by atoms with E-state index in [4.69, 9.17) is 21.7 Å². The minimum absolute atomic E-state index is 0.112. The number of ether oxygens (including phenoxy) is 2. The van der Waals surface area contributed by atoms with Crippen molar-refractivity contribution in [2.24, 2.45) is 0 Å². The summed E-state index contributed by atoms with van der Waals surface area (Å²) in [4.78, 5) is 18.2. The first kappa shape index (κ1) is 14.0. The molecule has 1 heterocycles. The van der Waals surface area contributed by atoms with Gasteiger partial charge in [-0.2, -0.15) is 0 Å². The Kier molecular flexibility index (Phi) is 4.67. The average Bonchev–Trinajstić information content (AvgIpc) is 2.47.